The number of hydrogen-bond donors (Lipinski definition) is 2. The number of nitrogens with one attached hydrogen (secondary N) is 1. The molecule has 0 saturated heterocycles. The van der Waals surface area contributed by atoms with Crippen LogP contribution in [0.15, 0.2) is 24.3 Å². The third kappa shape index (κ3) is 3.77. The zero-order valence-corrected chi connectivity index (χ0v) is 15.1. The van der Waals surface area contributed by atoms with Crippen LogP contribution in [0.5, 0.6) is 0 Å². The van der Waals surface area contributed by atoms with E-state index in [0.29, 0.717) is 5.69 Å². The quantitative estimate of drug-likeness (QED) is 0.472. The molecule has 1 aromatic heterocycles. The molecule has 0 aliphatic heterocycles. The molecule has 138 valence electrons. The van der Waals surface area contributed by atoms with Crippen molar-refractivity contribution in [3.63, 3.8) is 0 Å². The number of nitrogens with zero attached hydrogens (tertiary/aromatic N) is 4. The highest BCUT2D eigenvalue weighted by Gasteiger charge is 2.28. The Morgan fingerprint density at radius 1 is 1.42 bits per heavy atom. The van der Waals surface area contributed by atoms with E-state index in [2.05, 4.69) is 10.5 Å². The maximum atomic E-state index is 13.1. The lowest BCUT2D eigenvalue weighted by Gasteiger charge is -2.25. The summed E-state index contributed by atoms with van der Waals surface area (Å²) in [5, 5.41) is 16.1. The van der Waals surface area contributed by atoms with Gasteiger partial charge in [0.05, 0.1) is 10.6 Å². The third-order valence-corrected chi connectivity index (χ3v) is 3.93. The van der Waals surface area contributed by atoms with Gasteiger partial charge in [-0.25, -0.2) is 9.40 Å². The molecule has 2 rings (SSSR count). The van der Waals surface area contributed by atoms with Crippen molar-refractivity contribution in [2.45, 2.75) is 26.8 Å². The van der Waals surface area contributed by atoms with Crippen molar-refractivity contribution in [3.8, 4) is 0 Å². The Morgan fingerprint density at radius 3 is 2.46 bits per heavy atom. The van der Waals surface area contributed by atoms with Gasteiger partial charge in [-0.3, -0.25) is 25.0 Å². The first-order valence-corrected chi connectivity index (χ1v) is 7.90. The number of nitrogens with two attached hydrogens (primary N) is 1. The smallest absolute Gasteiger partial charge is 0.312 e. The van der Waals surface area contributed by atoms with Crippen molar-refractivity contribution in [1.82, 2.24) is 15.2 Å². The zero-order chi connectivity index (χ0) is 19.6. The highest BCUT2D eigenvalue weighted by molar-refractivity contribution is 7.80. The van der Waals surface area contributed by atoms with Crippen LogP contribution in [0.4, 0.5) is 15.8 Å². The SMILES string of the molecule is Cc1nn(C(C)C(=O)NN(C(N)=S)c2ccc(F)cc2)c(C)c1[N+](=O)[O-]. The van der Waals surface area contributed by atoms with Gasteiger partial charge in [-0.2, -0.15) is 5.10 Å². The van der Waals surface area contributed by atoms with Crippen molar-refractivity contribution in [2.75, 3.05) is 5.01 Å². The van der Waals surface area contributed by atoms with Gasteiger partial charge in [0.15, 0.2) is 5.11 Å². The maximum absolute atomic E-state index is 13.1. The van der Waals surface area contributed by atoms with Gasteiger partial charge in [0.2, 0.25) is 0 Å². The summed E-state index contributed by atoms with van der Waals surface area (Å²) in [5.74, 6) is -1.01. The molecule has 0 fully saturated rings. The molecule has 2 aromatic rings. The number of halogens is 1. The van der Waals surface area contributed by atoms with Crippen molar-refractivity contribution < 1.29 is 14.1 Å². The van der Waals surface area contributed by atoms with E-state index in [4.69, 9.17) is 18.0 Å². The number of rotatable bonds is 4. The van der Waals surface area contributed by atoms with E-state index in [1.807, 2.05) is 0 Å². The molecule has 0 saturated carbocycles. The van der Waals surface area contributed by atoms with Crippen LogP contribution in [0, 0.1) is 29.8 Å². The fourth-order valence-corrected chi connectivity index (χ4v) is 2.60. The highest BCUT2D eigenvalue weighted by atomic mass is 32.1. The van der Waals surface area contributed by atoms with Crippen molar-refractivity contribution in [2.24, 2.45) is 5.73 Å². The van der Waals surface area contributed by atoms with Crippen molar-refractivity contribution >= 4 is 34.6 Å². The largest absolute Gasteiger partial charge is 0.374 e. The molecule has 0 aliphatic rings. The minimum absolute atomic E-state index is 0.144. The molecule has 1 aromatic carbocycles. The van der Waals surface area contributed by atoms with Gasteiger partial charge in [-0.1, -0.05) is 0 Å². The summed E-state index contributed by atoms with van der Waals surface area (Å²) in [6.07, 6.45) is 0. The number of aromatic nitrogens is 2. The van der Waals surface area contributed by atoms with Crippen LogP contribution in [0.2, 0.25) is 0 Å². The molecular formula is C15H17FN6O3S. The fourth-order valence-electron chi connectivity index (χ4n) is 2.45. The minimum atomic E-state index is -0.875. The van der Waals surface area contributed by atoms with Gasteiger partial charge in [0.25, 0.3) is 5.91 Å². The first kappa shape index (κ1) is 19.2. The number of carbonyl (C=O) groups excluding carboxylic acids is 1. The van der Waals surface area contributed by atoms with E-state index in [-0.39, 0.29) is 22.2 Å². The molecule has 0 radical (unpaired) electrons. The predicted molar refractivity (Wildman–Crippen MR) is 96.9 cm³/mol. The average Bonchev–Trinajstić information content (AvgIpc) is 2.87. The summed E-state index contributed by atoms with van der Waals surface area (Å²) in [7, 11) is 0. The summed E-state index contributed by atoms with van der Waals surface area (Å²) >= 11 is 4.92. The average molecular weight is 380 g/mol. The van der Waals surface area contributed by atoms with Crippen molar-refractivity contribution in [3.05, 3.63) is 51.6 Å². The minimum Gasteiger partial charge on any atom is -0.374 e. The van der Waals surface area contributed by atoms with Gasteiger partial charge in [-0.05, 0) is 57.3 Å². The first-order chi connectivity index (χ1) is 12.1. The molecule has 0 bridgehead atoms. The molecule has 9 nitrogen and oxygen atoms in total. The number of aryl methyl sites for hydroxylation is 1. The summed E-state index contributed by atoms with van der Waals surface area (Å²) in [6, 6.07) is 4.31. The molecule has 1 heterocycles. The van der Waals surface area contributed by atoms with E-state index in [9.17, 15) is 19.3 Å². The van der Waals surface area contributed by atoms with Crippen LogP contribution in [-0.2, 0) is 4.79 Å². The predicted octanol–water partition coefficient (Wildman–Crippen LogP) is 1.89. The molecule has 1 amide bonds. The third-order valence-electron chi connectivity index (χ3n) is 3.74. The van der Waals surface area contributed by atoms with E-state index < -0.39 is 22.7 Å². The molecule has 1 unspecified atom stereocenters. The summed E-state index contributed by atoms with van der Waals surface area (Å²) in [5.41, 5.74) is 8.81. The standard InChI is InChI=1S/C15H17FN6O3S/c1-8-13(22(24)25)9(2)20(18-8)10(3)14(23)19-21(15(17)26)12-6-4-11(16)5-7-12/h4-7,10H,1-3H3,(H2,17,26)(H,19,23). The number of carbonyl (C=O) groups is 1. The van der Waals surface area contributed by atoms with E-state index in [1.54, 1.807) is 0 Å². The maximum Gasteiger partial charge on any atom is 0.312 e. The molecule has 11 heteroatoms. The van der Waals surface area contributed by atoms with E-state index >= 15 is 0 Å². The number of amides is 1. The first-order valence-electron chi connectivity index (χ1n) is 7.49. The lowest BCUT2D eigenvalue weighted by molar-refractivity contribution is -0.386. The Morgan fingerprint density at radius 2 is 2.00 bits per heavy atom. The summed E-state index contributed by atoms with van der Waals surface area (Å²) in [4.78, 5) is 23.1. The number of anilines is 1. The van der Waals surface area contributed by atoms with Crippen molar-refractivity contribution in [1.29, 1.82) is 0 Å². The Hall–Kier alpha value is -3.08. The summed E-state index contributed by atoms with van der Waals surface area (Å²) < 4.78 is 14.3. The second kappa shape index (κ2) is 7.44. The monoisotopic (exact) mass is 380 g/mol. The second-order valence-corrected chi connectivity index (χ2v) is 5.94. The topological polar surface area (TPSA) is 119 Å². The van der Waals surface area contributed by atoms with E-state index in [0.717, 1.165) is 5.01 Å². The summed E-state index contributed by atoms with van der Waals surface area (Å²) in [6.45, 7) is 4.53. The Balaban J connectivity index is 2.27. The number of nitro groups is 1. The van der Waals surface area contributed by atoms with Crippen LogP contribution < -0.4 is 16.2 Å². The van der Waals surface area contributed by atoms with Gasteiger partial charge in [0, 0.05) is 0 Å². The molecule has 26 heavy (non-hydrogen) atoms. The molecule has 0 aliphatic carbocycles. The van der Waals surface area contributed by atoms with Crippen LogP contribution in [0.3, 0.4) is 0 Å². The van der Waals surface area contributed by atoms with Gasteiger partial charge < -0.3 is 5.73 Å². The van der Waals surface area contributed by atoms with Gasteiger partial charge in [0.1, 0.15) is 23.2 Å². The number of benzene rings is 1. The Kier molecular flexibility index (Phi) is 5.50. The number of thiocarbonyl (C=S) groups is 1. The van der Waals surface area contributed by atoms with Crippen LogP contribution in [0.25, 0.3) is 0 Å². The highest BCUT2D eigenvalue weighted by Crippen LogP contribution is 2.24. The van der Waals surface area contributed by atoms with Gasteiger partial charge >= 0.3 is 5.69 Å². The number of hydrogen-bond acceptors (Lipinski definition) is 5. The molecule has 1 atom stereocenters. The molecular weight excluding hydrogens is 363 g/mol. The number of hydrazine groups is 1. The molecule has 0 spiro atoms. The van der Waals surface area contributed by atoms with Crippen LogP contribution in [0.1, 0.15) is 24.4 Å². The Bertz CT molecular complexity index is 867. The lowest BCUT2D eigenvalue weighted by Crippen LogP contribution is -2.51. The molecule has 3 N–H and O–H groups in total. The van der Waals surface area contributed by atoms with Crippen LogP contribution >= 0.6 is 12.2 Å². The fraction of sp³-hybridized carbons (Fsp3) is 0.267. The van der Waals surface area contributed by atoms with Crippen LogP contribution in [-0.4, -0.2) is 25.7 Å². The second-order valence-electron chi connectivity index (χ2n) is 5.52. The van der Waals surface area contributed by atoms with Gasteiger partial charge in [-0.15, -0.1) is 0 Å². The Labute approximate surface area is 153 Å². The normalized spacial score (nSPS) is 11.7. The van der Waals surface area contributed by atoms with E-state index in [1.165, 1.54) is 49.7 Å². The zero-order valence-electron chi connectivity index (χ0n) is 14.3. The lowest BCUT2D eigenvalue weighted by atomic mass is 10.3.